The van der Waals surface area contributed by atoms with Crippen LogP contribution in [0.5, 0.6) is 0 Å². The van der Waals surface area contributed by atoms with E-state index >= 15 is 4.39 Å². The summed E-state index contributed by atoms with van der Waals surface area (Å²) in [7, 11) is 0. The second-order valence-corrected chi connectivity index (χ2v) is 16.5. The molecular formula is C42H55F2N7O6. The van der Waals surface area contributed by atoms with E-state index in [2.05, 4.69) is 10.6 Å². The van der Waals surface area contributed by atoms with Crippen molar-refractivity contribution in [2.24, 2.45) is 28.9 Å². The largest absolute Gasteiger partial charge is 0.387 e. The zero-order valence-electron chi connectivity index (χ0n) is 33.3. The number of carbonyl (C=O) groups is 5. The molecule has 1 aliphatic carbocycles. The highest BCUT2D eigenvalue weighted by Gasteiger charge is 2.41. The van der Waals surface area contributed by atoms with Crippen LogP contribution in [0.3, 0.4) is 0 Å². The summed E-state index contributed by atoms with van der Waals surface area (Å²) >= 11 is 0. The van der Waals surface area contributed by atoms with Gasteiger partial charge in [-0.05, 0) is 54.4 Å². The lowest BCUT2D eigenvalue weighted by Crippen LogP contribution is -2.51. The zero-order valence-corrected chi connectivity index (χ0v) is 33.3. The van der Waals surface area contributed by atoms with Gasteiger partial charge in [-0.15, -0.1) is 0 Å². The Morgan fingerprint density at radius 1 is 1.07 bits per heavy atom. The van der Waals surface area contributed by atoms with Crippen molar-refractivity contribution in [1.29, 1.82) is 0 Å². The van der Waals surface area contributed by atoms with Crippen molar-refractivity contribution in [3.63, 3.8) is 0 Å². The number of rotatable bonds is 16. The van der Waals surface area contributed by atoms with E-state index in [0.29, 0.717) is 31.6 Å². The Hall–Kier alpha value is -5.02. The monoisotopic (exact) mass is 791 g/mol. The quantitative estimate of drug-likeness (QED) is 0.158. The first-order valence-corrected chi connectivity index (χ1v) is 19.6. The number of carbonyl (C=O) groups excluding carboxylic acids is 5. The number of nitrogens with two attached hydrogens (primary N) is 1. The molecule has 5 atom stereocenters. The lowest BCUT2D eigenvalue weighted by molar-refractivity contribution is -0.140. The van der Waals surface area contributed by atoms with Crippen molar-refractivity contribution in [1.82, 2.24) is 30.0 Å². The molecule has 0 radical (unpaired) electrons. The van der Waals surface area contributed by atoms with Gasteiger partial charge in [0.15, 0.2) is 0 Å². The minimum absolute atomic E-state index is 0.00618. The van der Waals surface area contributed by atoms with Crippen LogP contribution in [0, 0.1) is 34.8 Å². The average molecular weight is 792 g/mol. The van der Waals surface area contributed by atoms with Crippen LogP contribution in [0.25, 0.3) is 11.3 Å². The number of hydrogen-bond acceptors (Lipinski definition) is 8. The maximum Gasteiger partial charge on any atom is 0.248 e. The second-order valence-electron chi connectivity index (χ2n) is 16.5. The summed E-state index contributed by atoms with van der Waals surface area (Å²) < 4.78 is 31.2. The van der Waals surface area contributed by atoms with Gasteiger partial charge in [-0.3, -0.25) is 28.9 Å². The fraction of sp³-hybridized carbons (Fsp3) is 0.524. The molecule has 308 valence electrons. The minimum Gasteiger partial charge on any atom is -0.387 e. The van der Waals surface area contributed by atoms with Crippen molar-refractivity contribution in [2.45, 2.75) is 91.4 Å². The Balaban J connectivity index is 1.29. The number of aliphatic hydroxyl groups is 1. The van der Waals surface area contributed by atoms with Crippen molar-refractivity contribution < 1.29 is 37.9 Å². The number of imide groups is 1. The number of nitrogens with one attached hydrogen (secondary N) is 2. The van der Waals surface area contributed by atoms with Crippen LogP contribution in [-0.2, 0) is 30.5 Å². The molecule has 0 spiro atoms. The summed E-state index contributed by atoms with van der Waals surface area (Å²) in [5, 5.41) is 15.9. The maximum absolute atomic E-state index is 15.1. The summed E-state index contributed by atoms with van der Waals surface area (Å²) in [4.78, 5) is 72.8. The molecule has 2 fully saturated rings. The molecule has 1 unspecified atom stereocenters. The first-order valence-electron chi connectivity index (χ1n) is 19.6. The fourth-order valence-corrected chi connectivity index (χ4v) is 7.89. The van der Waals surface area contributed by atoms with Gasteiger partial charge < -0.3 is 30.9 Å². The molecule has 1 saturated heterocycles. The molecular weight excluding hydrogens is 737 g/mol. The molecule has 0 bridgehead atoms. The zero-order chi connectivity index (χ0) is 41.6. The number of amides is 5. The molecule has 3 aromatic rings. The number of halogens is 2. The number of likely N-dealkylation sites (tertiary alicyclic amines) is 1. The molecule has 5 N–H and O–H groups in total. The van der Waals surface area contributed by atoms with Gasteiger partial charge in [0.05, 0.1) is 23.7 Å². The van der Waals surface area contributed by atoms with E-state index in [1.165, 1.54) is 9.80 Å². The number of imidazole rings is 1. The predicted octanol–water partition coefficient (Wildman–Crippen LogP) is 3.93. The number of hydrogen-bond donors (Lipinski definition) is 4. The Morgan fingerprint density at radius 2 is 1.79 bits per heavy atom. The van der Waals surface area contributed by atoms with Crippen LogP contribution in [-0.4, -0.2) is 92.3 Å². The molecule has 13 nitrogen and oxygen atoms in total. The number of aliphatic hydroxyl groups excluding tert-OH is 1. The smallest absolute Gasteiger partial charge is 0.248 e. The fourth-order valence-electron chi connectivity index (χ4n) is 7.89. The third kappa shape index (κ3) is 10.3. The summed E-state index contributed by atoms with van der Waals surface area (Å²) in [6.45, 7) is 9.04. The lowest BCUT2D eigenvalue weighted by Gasteiger charge is -2.40. The van der Waals surface area contributed by atoms with Crippen LogP contribution in [0.2, 0.25) is 0 Å². The van der Waals surface area contributed by atoms with Gasteiger partial charge in [0.25, 0.3) is 0 Å². The summed E-state index contributed by atoms with van der Waals surface area (Å²) in [5.74, 6) is -3.70. The Kier molecular flexibility index (Phi) is 14.0. The molecule has 15 heteroatoms. The van der Waals surface area contributed by atoms with E-state index in [9.17, 15) is 33.5 Å². The van der Waals surface area contributed by atoms with E-state index in [0.717, 1.165) is 23.8 Å². The number of benzene rings is 2. The first-order chi connectivity index (χ1) is 27.0. The standard InChI is InChI=1S/C42H55F2N7O6/c1-25(2)29-21-35(53)51(41(29)57)19-17-46-39(55)28-12-9-13-33(28)48-40(56)32(45)16-18-50(36(54)24-52)37(42(3,4)5)38-47-34(30-20-27(43)14-15-31(30)44)23-49(38)22-26-10-7-6-8-11-26/h6-8,10-11,14-15,20,23,25,28-29,32-33,37,52H,9,12-13,16-19,21-22,24,45H2,1-5H3,(H,46,55)(H,48,56)/t28-,29?,32+,33+,37+/m1/s1. The molecule has 1 saturated carbocycles. The SMILES string of the molecule is CC(C)C1CC(=O)N(CCNC(=O)[C@@H]2CCC[C@@H]2NC(=O)[C@@H](N)CCN(C(=O)CO)[C@@H](c2nc(-c3cc(F)ccc3F)cn2Cc2ccccc2)C(C)(C)C)C1=O. The van der Waals surface area contributed by atoms with E-state index in [-0.39, 0.29) is 73.3 Å². The molecule has 2 aliphatic rings. The van der Waals surface area contributed by atoms with E-state index < -0.39 is 59.5 Å². The van der Waals surface area contributed by atoms with Gasteiger partial charge in [0, 0.05) is 56.3 Å². The maximum atomic E-state index is 15.1. The van der Waals surface area contributed by atoms with Crippen molar-refractivity contribution in [3.8, 4) is 11.3 Å². The van der Waals surface area contributed by atoms with Gasteiger partial charge >= 0.3 is 0 Å². The number of aromatic nitrogens is 2. The van der Waals surface area contributed by atoms with Crippen molar-refractivity contribution >= 4 is 29.5 Å². The second kappa shape index (κ2) is 18.5. The molecule has 1 aliphatic heterocycles. The lowest BCUT2D eigenvalue weighted by atomic mass is 9.84. The highest BCUT2D eigenvalue weighted by molar-refractivity contribution is 6.03. The summed E-state index contributed by atoms with van der Waals surface area (Å²) in [6.07, 6.45) is 3.55. The highest BCUT2D eigenvalue weighted by Crippen LogP contribution is 2.40. The topological polar surface area (TPSA) is 180 Å². The number of nitrogens with zero attached hydrogens (tertiary/aromatic N) is 4. The van der Waals surface area contributed by atoms with Crippen LogP contribution in [0.1, 0.15) is 84.2 Å². The molecule has 5 amide bonds. The summed E-state index contributed by atoms with van der Waals surface area (Å²) in [5.41, 5.74) is 6.71. The molecule has 1 aromatic heterocycles. The van der Waals surface area contributed by atoms with Gasteiger partial charge in [-0.25, -0.2) is 13.8 Å². The summed E-state index contributed by atoms with van der Waals surface area (Å²) in [6, 6.07) is 10.2. The van der Waals surface area contributed by atoms with Crippen molar-refractivity contribution in [2.75, 3.05) is 26.2 Å². The normalized spacial score (nSPS) is 19.5. The minimum atomic E-state index is -1.09. The molecule has 2 heterocycles. The van der Waals surface area contributed by atoms with Gasteiger partial charge in [-0.1, -0.05) is 71.4 Å². The van der Waals surface area contributed by atoms with E-state index in [1.807, 2.05) is 65.0 Å². The highest BCUT2D eigenvalue weighted by atomic mass is 19.1. The first kappa shape index (κ1) is 43.1. The van der Waals surface area contributed by atoms with Crippen molar-refractivity contribution in [3.05, 3.63) is 77.8 Å². The van der Waals surface area contributed by atoms with Crippen LogP contribution >= 0.6 is 0 Å². The van der Waals surface area contributed by atoms with E-state index in [4.69, 9.17) is 10.7 Å². The molecule has 57 heavy (non-hydrogen) atoms. The molecule has 5 rings (SSSR count). The van der Waals surface area contributed by atoms with Gasteiger partial charge in [0.1, 0.15) is 24.1 Å². The van der Waals surface area contributed by atoms with Gasteiger partial charge in [-0.2, -0.15) is 0 Å². The third-order valence-corrected chi connectivity index (χ3v) is 11.0. The Morgan fingerprint density at radius 3 is 2.44 bits per heavy atom. The van der Waals surface area contributed by atoms with Crippen LogP contribution in [0.15, 0.2) is 54.7 Å². The third-order valence-electron chi connectivity index (χ3n) is 11.0. The Labute approximate surface area is 332 Å². The van der Waals surface area contributed by atoms with Gasteiger partial charge in [0.2, 0.25) is 29.5 Å². The molecule has 2 aromatic carbocycles. The van der Waals surface area contributed by atoms with Crippen LogP contribution in [0.4, 0.5) is 8.78 Å². The van der Waals surface area contributed by atoms with Crippen LogP contribution < -0.4 is 16.4 Å². The van der Waals surface area contributed by atoms with E-state index in [1.54, 1.807) is 10.8 Å². The predicted molar refractivity (Wildman–Crippen MR) is 209 cm³/mol. The average Bonchev–Trinajstić information content (AvgIpc) is 3.87. The Bertz CT molecular complexity index is 1930.